The number of carbonyl (C=O) groups is 1. The number of para-hydroxylation sites is 1. The first-order chi connectivity index (χ1) is 9.63. The first kappa shape index (κ1) is 13.2. The van der Waals surface area contributed by atoms with Gasteiger partial charge in [0.05, 0.1) is 28.1 Å². The Hall–Kier alpha value is -1.84. The summed E-state index contributed by atoms with van der Waals surface area (Å²) in [7, 11) is 1.55. The van der Waals surface area contributed by atoms with Crippen molar-refractivity contribution in [3.8, 4) is 5.75 Å². The maximum Gasteiger partial charge on any atom is 0.279 e. The van der Waals surface area contributed by atoms with E-state index in [1.165, 1.54) is 0 Å². The second kappa shape index (κ2) is 4.93. The lowest BCUT2D eigenvalue weighted by atomic mass is 10.0. The van der Waals surface area contributed by atoms with Crippen molar-refractivity contribution in [2.45, 2.75) is 0 Å². The highest BCUT2D eigenvalue weighted by atomic mass is 35.5. The molecule has 2 aromatic rings. The minimum absolute atomic E-state index is 0.333. The number of fused-ring (bicyclic) bond motifs is 1. The van der Waals surface area contributed by atoms with Gasteiger partial charge in [-0.25, -0.2) is 4.99 Å². The molecule has 0 N–H and O–H groups in total. The molecule has 1 amide bonds. The second-order valence-corrected chi connectivity index (χ2v) is 5.03. The predicted molar refractivity (Wildman–Crippen MR) is 77.8 cm³/mol. The van der Waals surface area contributed by atoms with Gasteiger partial charge in [-0.15, -0.1) is 0 Å². The summed E-state index contributed by atoms with van der Waals surface area (Å²) in [5.41, 5.74) is 1.08. The Bertz CT molecular complexity index is 843. The third-order valence-corrected chi connectivity index (χ3v) is 3.94. The molecule has 1 aliphatic heterocycles. The Labute approximate surface area is 125 Å². The summed E-state index contributed by atoms with van der Waals surface area (Å²) in [6.07, 6.45) is 0. The number of nitrogens with zero attached hydrogens (tertiary/aromatic N) is 1. The molecule has 0 atom stereocenters. The lowest BCUT2D eigenvalue weighted by Gasteiger charge is -2.08. The largest absolute Gasteiger partial charge is 0.496 e. The zero-order valence-electron chi connectivity index (χ0n) is 10.5. The third-order valence-electron chi connectivity index (χ3n) is 3.14. The van der Waals surface area contributed by atoms with E-state index in [4.69, 9.17) is 27.9 Å². The maximum atomic E-state index is 12.2. The zero-order valence-corrected chi connectivity index (χ0v) is 12.0. The zero-order chi connectivity index (χ0) is 14.3. The molecule has 3 rings (SSSR count). The molecule has 0 unspecified atom stereocenters. The summed E-state index contributed by atoms with van der Waals surface area (Å²) in [5, 5.41) is 1.82. The molecule has 0 fully saturated rings. The number of hydrogen-bond acceptors (Lipinski definition) is 2. The van der Waals surface area contributed by atoms with Crippen LogP contribution in [0.2, 0.25) is 10.0 Å². The van der Waals surface area contributed by atoms with Crippen LogP contribution in [0.5, 0.6) is 5.75 Å². The molecule has 100 valence electrons. The number of methoxy groups -OCH3 is 1. The number of rotatable bonds is 2. The van der Waals surface area contributed by atoms with Crippen molar-refractivity contribution in [2.75, 3.05) is 7.11 Å². The highest BCUT2D eigenvalue weighted by Crippen LogP contribution is 2.27. The van der Waals surface area contributed by atoms with E-state index in [2.05, 4.69) is 4.99 Å². The smallest absolute Gasteiger partial charge is 0.279 e. The minimum atomic E-state index is -0.339. The summed E-state index contributed by atoms with van der Waals surface area (Å²) in [4.78, 5) is 16.2. The van der Waals surface area contributed by atoms with Crippen LogP contribution in [-0.2, 0) is 4.79 Å². The van der Waals surface area contributed by atoms with Gasteiger partial charge in [0.15, 0.2) is 0 Å². The van der Waals surface area contributed by atoms with Gasteiger partial charge in [-0.2, -0.15) is 0 Å². The van der Waals surface area contributed by atoms with E-state index in [0.29, 0.717) is 37.5 Å². The van der Waals surface area contributed by atoms with Gasteiger partial charge in [0.2, 0.25) is 0 Å². The Morgan fingerprint density at radius 3 is 2.60 bits per heavy atom. The lowest BCUT2D eigenvalue weighted by Crippen LogP contribution is -2.25. The van der Waals surface area contributed by atoms with Crippen LogP contribution >= 0.6 is 23.2 Å². The molecule has 1 aliphatic rings. The van der Waals surface area contributed by atoms with Crippen LogP contribution < -0.4 is 15.3 Å². The monoisotopic (exact) mass is 305 g/mol. The first-order valence-electron chi connectivity index (χ1n) is 5.88. The number of halogens is 2. The Balaban J connectivity index is 2.46. The predicted octanol–water partition coefficient (Wildman–Crippen LogP) is 2.36. The van der Waals surface area contributed by atoms with Gasteiger partial charge in [0.25, 0.3) is 5.91 Å². The van der Waals surface area contributed by atoms with E-state index in [1.54, 1.807) is 31.4 Å². The number of benzene rings is 2. The standard InChI is InChI=1S/C15H9Cl2NO2/c1-20-11-5-3-2-4-8(11)12-13-10(18-15(12)19)7-6-9(16)14(13)17/h2-7H,1H3. The van der Waals surface area contributed by atoms with Crippen molar-refractivity contribution >= 4 is 34.7 Å². The molecule has 20 heavy (non-hydrogen) atoms. The molecule has 0 aliphatic carbocycles. The SMILES string of the molecule is COc1ccccc1C1=c2c(Cl)c(Cl)ccc2=NC1=O. The van der Waals surface area contributed by atoms with Crippen molar-refractivity contribution in [1.29, 1.82) is 0 Å². The van der Waals surface area contributed by atoms with Gasteiger partial charge in [-0.3, -0.25) is 4.79 Å². The number of amides is 1. The molecule has 0 bridgehead atoms. The van der Waals surface area contributed by atoms with Crippen molar-refractivity contribution in [3.63, 3.8) is 0 Å². The Morgan fingerprint density at radius 2 is 1.85 bits per heavy atom. The fourth-order valence-corrected chi connectivity index (χ4v) is 2.66. The molecule has 0 saturated carbocycles. The average molecular weight is 306 g/mol. The molecule has 5 heteroatoms. The summed E-state index contributed by atoms with van der Waals surface area (Å²) < 4.78 is 5.30. The topological polar surface area (TPSA) is 38.7 Å². The van der Waals surface area contributed by atoms with E-state index in [0.717, 1.165) is 0 Å². The fourth-order valence-electron chi connectivity index (χ4n) is 2.24. The fraction of sp³-hybridized carbons (Fsp3) is 0.0667. The number of hydrogen-bond donors (Lipinski definition) is 0. The lowest BCUT2D eigenvalue weighted by molar-refractivity contribution is -0.112. The van der Waals surface area contributed by atoms with Crippen molar-refractivity contribution in [2.24, 2.45) is 4.99 Å². The van der Waals surface area contributed by atoms with Crippen LogP contribution in [0.25, 0.3) is 5.57 Å². The molecule has 0 radical (unpaired) electrons. The molecular weight excluding hydrogens is 297 g/mol. The van der Waals surface area contributed by atoms with Gasteiger partial charge in [0.1, 0.15) is 5.75 Å². The van der Waals surface area contributed by atoms with Gasteiger partial charge in [-0.1, -0.05) is 41.4 Å². The average Bonchev–Trinajstić information content (AvgIpc) is 2.80. The highest BCUT2D eigenvalue weighted by molar-refractivity contribution is 6.42. The summed E-state index contributed by atoms with van der Waals surface area (Å²) in [6, 6.07) is 10.6. The van der Waals surface area contributed by atoms with Gasteiger partial charge >= 0.3 is 0 Å². The number of carbonyl (C=O) groups excluding carboxylic acids is 1. The quantitative estimate of drug-likeness (QED) is 0.854. The normalized spacial score (nSPS) is 13.2. The van der Waals surface area contributed by atoms with E-state index < -0.39 is 0 Å². The molecule has 0 aromatic heterocycles. The van der Waals surface area contributed by atoms with Crippen LogP contribution in [0.15, 0.2) is 41.4 Å². The molecule has 2 aromatic carbocycles. The first-order valence-corrected chi connectivity index (χ1v) is 6.64. The molecule has 3 nitrogen and oxygen atoms in total. The van der Waals surface area contributed by atoms with E-state index in [-0.39, 0.29) is 5.91 Å². The van der Waals surface area contributed by atoms with Crippen LogP contribution in [0.1, 0.15) is 5.56 Å². The van der Waals surface area contributed by atoms with Crippen LogP contribution in [0.3, 0.4) is 0 Å². The molecule has 1 heterocycles. The summed E-state index contributed by atoms with van der Waals surface area (Å²) >= 11 is 12.3. The highest BCUT2D eigenvalue weighted by Gasteiger charge is 2.23. The van der Waals surface area contributed by atoms with Crippen LogP contribution in [0, 0.1) is 0 Å². The van der Waals surface area contributed by atoms with E-state index in [1.807, 2.05) is 12.1 Å². The van der Waals surface area contributed by atoms with Crippen molar-refractivity contribution in [3.05, 3.63) is 62.6 Å². The van der Waals surface area contributed by atoms with Crippen LogP contribution in [-0.4, -0.2) is 13.0 Å². The summed E-state index contributed by atoms with van der Waals surface area (Å²) in [6.45, 7) is 0. The molecule has 0 saturated heterocycles. The third kappa shape index (κ3) is 1.90. The van der Waals surface area contributed by atoms with Gasteiger partial charge < -0.3 is 4.74 Å². The van der Waals surface area contributed by atoms with Gasteiger partial charge in [-0.05, 0) is 18.2 Å². The summed E-state index contributed by atoms with van der Waals surface area (Å²) in [5.74, 6) is 0.253. The maximum absolute atomic E-state index is 12.2. The van der Waals surface area contributed by atoms with Crippen molar-refractivity contribution in [1.82, 2.24) is 0 Å². The van der Waals surface area contributed by atoms with Crippen molar-refractivity contribution < 1.29 is 9.53 Å². The molecular formula is C15H9Cl2NO2. The second-order valence-electron chi connectivity index (χ2n) is 4.25. The van der Waals surface area contributed by atoms with E-state index >= 15 is 0 Å². The van der Waals surface area contributed by atoms with Crippen LogP contribution in [0.4, 0.5) is 0 Å². The Morgan fingerprint density at radius 1 is 1.10 bits per heavy atom. The molecule has 0 spiro atoms. The Kier molecular flexibility index (Phi) is 3.24. The minimum Gasteiger partial charge on any atom is -0.496 e. The number of ether oxygens (including phenoxy) is 1. The van der Waals surface area contributed by atoms with Gasteiger partial charge in [0, 0.05) is 10.8 Å². The van der Waals surface area contributed by atoms with E-state index in [9.17, 15) is 4.79 Å².